The molecule has 2 nitrogen and oxygen atoms in total. The average Bonchev–Trinajstić information content (AvgIpc) is 2.75. The molecule has 2 heteroatoms. The summed E-state index contributed by atoms with van der Waals surface area (Å²) in [5.74, 6) is 1.92. The van der Waals surface area contributed by atoms with Gasteiger partial charge in [-0.3, -0.25) is 0 Å². The molecule has 2 N–H and O–H groups in total. The van der Waals surface area contributed by atoms with Crippen LogP contribution in [0.3, 0.4) is 0 Å². The van der Waals surface area contributed by atoms with Gasteiger partial charge in [0.25, 0.3) is 0 Å². The smallest absolute Gasteiger partial charge is 0.120 e. The highest BCUT2D eigenvalue weighted by Crippen LogP contribution is 2.46. The Morgan fingerprint density at radius 2 is 1.75 bits per heavy atom. The largest absolute Gasteiger partial charge is 0.508 e. The topological polar surface area (TPSA) is 32.3 Å². The predicted molar refractivity (Wildman–Crippen MR) is 83.2 cm³/mol. The molecule has 3 rings (SSSR count). The van der Waals surface area contributed by atoms with Crippen molar-refractivity contribution in [3.63, 3.8) is 0 Å². The molecule has 0 radical (unpaired) electrons. The molecule has 1 aromatic rings. The molecule has 0 spiro atoms. The Morgan fingerprint density at radius 1 is 1.05 bits per heavy atom. The van der Waals surface area contributed by atoms with Gasteiger partial charge in [-0.25, -0.2) is 0 Å². The number of nitrogens with one attached hydrogen (secondary N) is 1. The van der Waals surface area contributed by atoms with E-state index in [1.165, 1.54) is 42.4 Å². The average molecular weight is 273 g/mol. The number of benzene rings is 1. The summed E-state index contributed by atoms with van der Waals surface area (Å²) in [4.78, 5) is 0. The van der Waals surface area contributed by atoms with Crippen LogP contribution in [-0.2, 0) is 0 Å². The van der Waals surface area contributed by atoms with E-state index in [2.05, 4.69) is 32.2 Å². The second-order valence-electron chi connectivity index (χ2n) is 7.04. The van der Waals surface area contributed by atoms with Crippen molar-refractivity contribution in [1.82, 2.24) is 5.32 Å². The fourth-order valence-electron chi connectivity index (χ4n) is 4.21. The first-order valence-corrected chi connectivity index (χ1v) is 8.14. The summed E-state index contributed by atoms with van der Waals surface area (Å²) >= 11 is 0. The number of rotatable bonds is 2. The van der Waals surface area contributed by atoms with Gasteiger partial charge in [0.2, 0.25) is 0 Å². The van der Waals surface area contributed by atoms with Crippen LogP contribution in [0.25, 0.3) is 0 Å². The van der Waals surface area contributed by atoms with E-state index in [0.717, 1.165) is 12.3 Å². The van der Waals surface area contributed by atoms with Crippen molar-refractivity contribution in [2.45, 2.75) is 70.9 Å². The van der Waals surface area contributed by atoms with Crippen LogP contribution in [0.1, 0.15) is 74.6 Å². The van der Waals surface area contributed by atoms with Crippen LogP contribution in [0.4, 0.5) is 0 Å². The molecule has 2 aliphatic carbocycles. The second kappa shape index (κ2) is 5.40. The molecular formula is C18H27NO. The van der Waals surface area contributed by atoms with Gasteiger partial charge in [0, 0.05) is 17.6 Å². The maximum atomic E-state index is 10.3. The van der Waals surface area contributed by atoms with Crippen LogP contribution in [0.15, 0.2) is 12.1 Å². The quantitative estimate of drug-likeness (QED) is 0.836. The molecule has 1 saturated carbocycles. The van der Waals surface area contributed by atoms with E-state index in [0.29, 0.717) is 23.8 Å². The lowest BCUT2D eigenvalue weighted by molar-refractivity contribution is 0.282. The Kier molecular flexibility index (Phi) is 3.76. The van der Waals surface area contributed by atoms with Crippen molar-refractivity contribution >= 4 is 0 Å². The van der Waals surface area contributed by atoms with E-state index < -0.39 is 0 Å². The highest BCUT2D eigenvalue weighted by Gasteiger charge is 2.33. The Morgan fingerprint density at radius 3 is 2.45 bits per heavy atom. The van der Waals surface area contributed by atoms with Gasteiger partial charge in [-0.15, -0.1) is 0 Å². The number of aromatic hydroxyl groups is 1. The van der Waals surface area contributed by atoms with Crippen molar-refractivity contribution < 1.29 is 5.11 Å². The monoisotopic (exact) mass is 273 g/mol. The Hall–Kier alpha value is -1.02. The zero-order chi connectivity index (χ0) is 14.3. The fourth-order valence-corrected chi connectivity index (χ4v) is 4.21. The number of hydrogen-bond acceptors (Lipinski definition) is 2. The molecule has 0 aromatic heterocycles. The minimum absolute atomic E-state index is 0.346. The zero-order valence-electron chi connectivity index (χ0n) is 12.9. The molecule has 110 valence electrons. The molecule has 2 atom stereocenters. The zero-order valence-corrected chi connectivity index (χ0v) is 12.9. The Balaban J connectivity index is 1.79. The molecular weight excluding hydrogens is 246 g/mol. The number of phenols is 1. The molecule has 1 fully saturated rings. The summed E-state index contributed by atoms with van der Waals surface area (Å²) in [5.41, 5.74) is 3.88. The minimum atomic E-state index is 0.346. The predicted octanol–water partition coefficient (Wildman–Crippen LogP) is 4.42. The van der Waals surface area contributed by atoms with E-state index in [1.807, 2.05) is 6.07 Å². The van der Waals surface area contributed by atoms with Crippen LogP contribution in [0.2, 0.25) is 0 Å². The van der Waals surface area contributed by atoms with E-state index in [1.54, 1.807) is 0 Å². The van der Waals surface area contributed by atoms with Gasteiger partial charge >= 0.3 is 0 Å². The van der Waals surface area contributed by atoms with Crippen LogP contribution in [0, 0.1) is 12.8 Å². The van der Waals surface area contributed by atoms with Gasteiger partial charge in [0.15, 0.2) is 0 Å². The standard InChI is InChI=1S/C18H27NO/c1-11-4-7-14(8-5-11)19-15-10-13(3)17-12(2)6-9-16(20)18(15)17/h6,9,11,13-15,19-20H,4-5,7-8,10H2,1-3H3. The van der Waals surface area contributed by atoms with Crippen LogP contribution in [0.5, 0.6) is 5.75 Å². The van der Waals surface area contributed by atoms with Gasteiger partial charge in [-0.05, 0) is 68.1 Å². The van der Waals surface area contributed by atoms with Gasteiger partial charge in [-0.2, -0.15) is 0 Å². The van der Waals surface area contributed by atoms with Crippen LogP contribution in [-0.4, -0.2) is 11.1 Å². The van der Waals surface area contributed by atoms with Crippen molar-refractivity contribution in [2.75, 3.05) is 0 Å². The van der Waals surface area contributed by atoms with Crippen molar-refractivity contribution in [2.24, 2.45) is 5.92 Å². The van der Waals surface area contributed by atoms with Gasteiger partial charge in [0.05, 0.1) is 0 Å². The Labute approximate surface area is 122 Å². The Bertz CT molecular complexity index is 488. The van der Waals surface area contributed by atoms with E-state index in [9.17, 15) is 5.11 Å². The van der Waals surface area contributed by atoms with Crippen LogP contribution < -0.4 is 5.32 Å². The third-order valence-corrected chi connectivity index (χ3v) is 5.37. The highest BCUT2D eigenvalue weighted by molar-refractivity contribution is 5.50. The summed E-state index contributed by atoms with van der Waals surface area (Å²) in [5, 5.41) is 14.1. The van der Waals surface area contributed by atoms with Crippen molar-refractivity contribution in [1.29, 1.82) is 0 Å². The van der Waals surface area contributed by atoms with Crippen molar-refractivity contribution in [3.05, 3.63) is 28.8 Å². The molecule has 1 aromatic carbocycles. The lowest BCUT2D eigenvalue weighted by Crippen LogP contribution is -2.35. The molecule has 0 aliphatic heterocycles. The summed E-state index contributed by atoms with van der Waals surface area (Å²) in [6.07, 6.45) is 6.38. The third kappa shape index (κ3) is 2.46. The molecule has 0 bridgehead atoms. The minimum Gasteiger partial charge on any atom is -0.508 e. The number of fused-ring (bicyclic) bond motifs is 1. The molecule has 20 heavy (non-hydrogen) atoms. The normalized spacial score (nSPS) is 33.1. The molecule has 0 heterocycles. The number of aryl methyl sites for hydroxylation is 1. The summed E-state index contributed by atoms with van der Waals surface area (Å²) < 4.78 is 0. The summed E-state index contributed by atoms with van der Waals surface area (Å²) in [7, 11) is 0. The first-order chi connectivity index (χ1) is 9.56. The number of phenolic OH excluding ortho intramolecular Hbond substituents is 1. The molecule has 2 unspecified atom stereocenters. The first-order valence-electron chi connectivity index (χ1n) is 8.14. The number of hydrogen-bond donors (Lipinski definition) is 2. The van der Waals surface area contributed by atoms with Crippen molar-refractivity contribution in [3.8, 4) is 5.75 Å². The SMILES string of the molecule is Cc1ccc(O)c2c1C(C)CC2NC1CCC(C)CC1. The third-order valence-electron chi connectivity index (χ3n) is 5.37. The van der Waals surface area contributed by atoms with Gasteiger partial charge in [-0.1, -0.05) is 19.9 Å². The molecule has 0 amide bonds. The maximum absolute atomic E-state index is 10.3. The summed E-state index contributed by atoms with van der Waals surface area (Å²) in [6.45, 7) is 6.81. The van der Waals surface area contributed by atoms with E-state index >= 15 is 0 Å². The van der Waals surface area contributed by atoms with Crippen LogP contribution >= 0.6 is 0 Å². The fraction of sp³-hybridized carbons (Fsp3) is 0.667. The lowest BCUT2D eigenvalue weighted by atomic mass is 9.87. The molecule has 2 aliphatic rings. The first kappa shape index (κ1) is 13.9. The highest BCUT2D eigenvalue weighted by atomic mass is 16.3. The summed E-state index contributed by atoms with van der Waals surface area (Å²) in [6, 6.07) is 4.90. The molecule has 0 saturated heterocycles. The van der Waals surface area contributed by atoms with E-state index in [4.69, 9.17) is 0 Å². The van der Waals surface area contributed by atoms with E-state index in [-0.39, 0.29) is 0 Å². The maximum Gasteiger partial charge on any atom is 0.120 e. The van der Waals surface area contributed by atoms with Gasteiger partial charge in [0.1, 0.15) is 5.75 Å². The lowest BCUT2D eigenvalue weighted by Gasteiger charge is -2.30. The van der Waals surface area contributed by atoms with Gasteiger partial charge < -0.3 is 10.4 Å². The second-order valence-corrected chi connectivity index (χ2v) is 7.04.